The number of sulfonamides is 1. The lowest BCUT2D eigenvalue weighted by Gasteiger charge is -2.14. The molecule has 38 heavy (non-hydrogen) atoms. The van der Waals surface area contributed by atoms with Crippen molar-refractivity contribution in [3.8, 4) is 17.0 Å². The lowest BCUT2D eigenvalue weighted by atomic mass is 10.0. The molecule has 1 atom stereocenters. The molecule has 0 unspecified atom stereocenters. The van der Waals surface area contributed by atoms with Crippen molar-refractivity contribution in [2.75, 3.05) is 18.9 Å². The van der Waals surface area contributed by atoms with Gasteiger partial charge in [0.2, 0.25) is 11.8 Å². The van der Waals surface area contributed by atoms with Crippen LogP contribution in [0.1, 0.15) is 12.5 Å². The fraction of sp³-hybridized carbons (Fsp3) is 0.231. The Morgan fingerprint density at radius 3 is 2.63 bits per heavy atom. The number of hydrogen-bond donors (Lipinski definition) is 2. The number of aromatic nitrogens is 3. The van der Waals surface area contributed by atoms with Crippen molar-refractivity contribution < 1.29 is 17.9 Å². The van der Waals surface area contributed by atoms with Crippen molar-refractivity contribution in [1.82, 2.24) is 19.9 Å². The minimum atomic E-state index is -4.06. The molecule has 4 aromatic rings. The van der Waals surface area contributed by atoms with Crippen molar-refractivity contribution in [3.63, 3.8) is 0 Å². The maximum Gasteiger partial charge on any atom is 0.263 e. The summed E-state index contributed by atoms with van der Waals surface area (Å²) in [6.45, 7) is 3.61. The van der Waals surface area contributed by atoms with Crippen LogP contribution in [0, 0.1) is 12.8 Å². The molecule has 198 valence electrons. The van der Waals surface area contributed by atoms with Gasteiger partial charge in [-0.25, -0.2) is 18.4 Å². The summed E-state index contributed by atoms with van der Waals surface area (Å²) in [7, 11) is -1.14. The van der Waals surface area contributed by atoms with Crippen molar-refractivity contribution in [2.45, 2.75) is 25.3 Å². The van der Waals surface area contributed by atoms with E-state index in [1.54, 1.807) is 57.3 Å². The second-order valence-electron chi connectivity index (χ2n) is 8.72. The number of benzene rings is 2. The smallest absolute Gasteiger partial charge is 0.263 e. The number of carbonyl (C=O) groups is 1. The Hall–Kier alpha value is -3.96. The first-order valence-corrected chi connectivity index (χ1v) is 13.4. The number of pyridine rings is 1. The highest BCUT2D eigenvalue weighted by Gasteiger charge is 2.22. The molecule has 12 heteroatoms. The number of ether oxygens (including phenoxy) is 1. The zero-order valence-electron chi connectivity index (χ0n) is 21.1. The molecule has 0 aliphatic heterocycles. The van der Waals surface area contributed by atoms with Crippen LogP contribution in [0.25, 0.3) is 22.0 Å². The van der Waals surface area contributed by atoms with Gasteiger partial charge in [-0.15, -0.1) is 0 Å². The van der Waals surface area contributed by atoms with Crippen LogP contribution in [0.2, 0.25) is 5.02 Å². The van der Waals surface area contributed by atoms with E-state index in [-0.39, 0.29) is 39.5 Å². The van der Waals surface area contributed by atoms with Gasteiger partial charge in [-0.05, 0) is 42.3 Å². The number of carbonyl (C=O) groups excluding carboxylic acids is 1. The van der Waals surface area contributed by atoms with Crippen LogP contribution >= 0.6 is 11.6 Å². The number of fused-ring (bicyclic) bond motifs is 1. The van der Waals surface area contributed by atoms with Gasteiger partial charge in [0, 0.05) is 25.4 Å². The van der Waals surface area contributed by atoms with Gasteiger partial charge >= 0.3 is 0 Å². The number of nitrogens with zero attached hydrogens (tertiary/aromatic N) is 3. The fourth-order valence-corrected chi connectivity index (χ4v) is 5.60. The Morgan fingerprint density at radius 2 is 1.92 bits per heavy atom. The Balaban J connectivity index is 1.74. The van der Waals surface area contributed by atoms with Gasteiger partial charge in [0.1, 0.15) is 10.6 Å². The monoisotopic (exact) mass is 555 g/mol. The van der Waals surface area contributed by atoms with E-state index < -0.39 is 15.9 Å². The third-order valence-electron chi connectivity index (χ3n) is 6.06. The Morgan fingerprint density at radius 1 is 1.16 bits per heavy atom. The van der Waals surface area contributed by atoms with Crippen LogP contribution in [0.4, 0.5) is 5.69 Å². The number of halogens is 1. The normalized spacial score (nSPS) is 12.2. The molecule has 0 aliphatic rings. The molecular weight excluding hydrogens is 530 g/mol. The van der Waals surface area contributed by atoms with Gasteiger partial charge in [-0.3, -0.25) is 18.9 Å². The standard InChI is InChI=1S/C26H26ClN5O5S/c1-15-6-5-7-22(23(15)27)38(35,36)31-21-11-18(12-29-25(21)37-4)17-8-9-20-19(10-17)26(34)32(14-30-20)13-16(2)24(33)28-3/h5-12,14,16,31H,13H2,1-4H3,(H,28,33)/t16-/m1/s1. The molecular formula is C26H26ClN5O5S. The molecule has 2 N–H and O–H groups in total. The number of anilines is 1. The van der Waals surface area contributed by atoms with Gasteiger partial charge in [0.15, 0.2) is 0 Å². The molecule has 0 spiro atoms. The van der Waals surface area contributed by atoms with E-state index in [9.17, 15) is 18.0 Å². The maximum atomic E-state index is 13.2. The number of methoxy groups -OCH3 is 1. The lowest BCUT2D eigenvalue weighted by molar-refractivity contribution is -0.124. The number of rotatable bonds is 8. The number of hydrogen-bond acceptors (Lipinski definition) is 7. The summed E-state index contributed by atoms with van der Waals surface area (Å²) in [6.07, 6.45) is 2.93. The van der Waals surface area contributed by atoms with Crippen LogP contribution in [0.3, 0.4) is 0 Å². The van der Waals surface area contributed by atoms with Gasteiger partial charge in [0.05, 0.1) is 35.3 Å². The summed E-state index contributed by atoms with van der Waals surface area (Å²) in [5, 5.41) is 3.03. The topological polar surface area (TPSA) is 132 Å². The third-order valence-corrected chi connectivity index (χ3v) is 8.08. The average Bonchev–Trinajstić information content (AvgIpc) is 2.90. The first-order valence-electron chi connectivity index (χ1n) is 11.6. The average molecular weight is 556 g/mol. The summed E-state index contributed by atoms with van der Waals surface area (Å²) in [6, 6.07) is 11.4. The molecule has 0 saturated heterocycles. The van der Waals surface area contributed by atoms with Crippen LogP contribution in [-0.2, 0) is 21.4 Å². The number of aryl methyl sites for hydroxylation is 1. The van der Waals surface area contributed by atoms with Crippen LogP contribution in [0.15, 0.2) is 64.7 Å². The first-order chi connectivity index (χ1) is 18.1. The van der Waals surface area contributed by atoms with E-state index in [2.05, 4.69) is 20.0 Å². The third kappa shape index (κ3) is 5.34. The van der Waals surface area contributed by atoms with Crippen molar-refractivity contribution in [2.24, 2.45) is 5.92 Å². The van der Waals surface area contributed by atoms with E-state index in [4.69, 9.17) is 16.3 Å². The minimum absolute atomic E-state index is 0.0640. The Kier molecular flexibility index (Phi) is 7.70. The molecule has 0 aliphatic carbocycles. The predicted molar refractivity (Wildman–Crippen MR) is 146 cm³/mol. The van der Waals surface area contributed by atoms with Gasteiger partial charge in [-0.1, -0.05) is 36.7 Å². The molecule has 4 rings (SSSR count). The van der Waals surface area contributed by atoms with Gasteiger partial charge in [0.25, 0.3) is 15.6 Å². The molecule has 1 amide bonds. The highest BCUT2D eigenvalue weighted by atomic mass is 35.5. The number of amides is 1. The fourth-order valence-electron chi connectivity index (χ4n) is 3.97. The van der Waals surface area contributed by atoms with E-state index in [0.717, 1.165) is 0 Å². The second kappa shape index (κ2) is 10.8. The van der Waals surface area contributed by atoms with Crippen molar-refractivity contribution >= 4 is 44.1 Å². The molecule has 0 bridgehead atoms. The van der Waals surface area contributed by atoms with Crippen LogP contribution < -0.4 is 20.3 Å². The molecule has 0 radical (unpaired) electrons. The van der Waals surface area contributed by atoms with E-state index in [1.807, 2.05) is 0 Å². The molecule has 0 saturated carbocycles. The summed E-state index contributed by atoms with van der Waals surface area (Å²) in [5.74, 6) is -0.547. The summed E-state index contributed by atoms with van der Waals surface area (Å²) in [5.41, 5.74) is 2.05. The molecule has 2 aromatic carbocycles. The zero-order valence-corrected chi connectivity index (χ0v) is 22.7. The van der Waals surface area contributed by atoms with Gasteiger partial charge in [-0.2, -0.15) is 0 Å². The summed E-state index contributed by atoms with van der Waals surface area (Å²) < 4.78 is 35.5. The van der Waals surface area contributed by atoms with Crippen LogP contribution in [-0.4, -0.2) is 43.0 Å². The Labute approximate surface area is 224 Å². The molecule has 10 nitrogen and oxygen atoms in total. The van der Waals surface area contributed by atoms with E-state index >= 15 is 0 Å². The van der Waals surface area contributed by atoms with E-state index in [1.165, 1.54) is 30.3 Å². The SMILES string of the molecule is CNC(=O)[C@H](C)Cn1cnc2ccc(-c3cnc(OC)c(NS(=O)(=O)c4cccc(C)c4Cl)c3)cc2c1=O. The predicted octanol–water partition coefficient (Wildman–Crippen LogP) is 3.61. The molecule has 2 aromatic heterocycles. The summed E-state index contributed by atoms with van der Waals surface area (Å²) >= 11 is 6.26. The Bertz CT molecular complexity index is 1700. The van der Waals surface area contributed by atoms with Gasteiger partial charge < -0.3 is 10.1 Å². The first kappa shape index (κ1) is 27.1. The largest absolute Gasteiger partial charge is 0.480 e. The molecule has 2 heterocycles. The maximum absolute atomic E-state index is 13.2. The van der Waals surface area contributed by atoms with Crippen molar-refractivity contribution in [3.05, 3.63) is 75.9 Å². The second-order valence-corrected chi connectivity index (χ2v) is 10.8. The molecule has 0 fully saturated rings. The van der Waals surface area contributed by atoms with Crippen LogP contribution in [0.5, 0.6) is 5.88 Å². The number of nitrogens with one attached hydrogen (secondary N) is 2. The van der Waals surface area contributed by atoms with E-state index in [0.29, 0.717) is 27.6 Å². The van der Waals surface area contributed by atoms with Crippen molar-refractivity contribution in [1.29, 1.82) is 0 Å². The summed E-state index contributed by atoms with van der Waals surface area (Å²) in [4.78, 5) is 33.6. The zero-order chi connectivity index (χ0) is 27.6. The minimum Gasteiger partial charge on any atom is -0.480 e. The highest BCUT2D eigenvalue weighted by molar-refractivity contribution is 7.92. The highest BCUT2D eigenvalue weighted by Crippen LogP contribution is 2.32. The lowest BCUT2D eigenvalue weighted by Crippen LogP contribution is -2.32. The quantitative estimate of drug-likeness (QED) is 0.339.